The van der Waals surface area contributed by atoms with Crippen LogP contribution in [0.25, 0.3) is 0 Å². The van der Waals surface area contributed by atoms with Crippen LogP contribution in [0.15, 0.2) is 42.5 Å². The molecule has 1 atom stereocenters. The molecule has 2 aromatic rings. The lowest BCUT2D eigenvalue weighted by Crippen LogP contribution is -2.12. The quantitative estimate of drug-likeness (QED) is 0.736. The molecule has 4 heteroatoms. The number of rotatable bonds is 4. The van der Waals surface area contributed by atoms with Gasteiger partial charge in [0.2, 0.25) is 0 Å². The first-order valence-electron chi connectivity index (χ1n) is 6.47. The Hall–Kier alpha value is -1.19. The summed E-state index contributed by atoms with van der Waals surface area (Å²) < 4.78 is 11.6. The summed E-state index contributed by atoms with van der Waals surface area (Å²) in [6, 6.07) is 13.9. The van der Waals surface area contributed by atoms with Crippen LogP contribution in [0.3, 0.4) is 0 Å². The fourth-order valence-corrected chi connectivity index (χ4v) is 3.06. The van der Waals surface area contributed by atoms with Gasteiger partial charge in [0.15, 0.2) is 0 Å². The van der Waals surface area contributed by atoms with Crippen molar-refractivity contribution in [1.29, 1.82) is 0 Å². The first kappa shape index (κ1) is 13.8. The van der Waals surface area contributed by atoms with Crippen LogP contribution < -0.4 is 9.47 Å². The van der Waals surface area contributed by atoms with Crippen LogP contribution in [0.5, 0.6) is 11.5 Å². The van der Waals surface area contributed by atoms with Crippen molar-refractivity contribution in [2.75, 3.05) is 13.2 Å². The maximum absolute atomic E-state index is 6.22. The first-order chi connectivity index (χ1) is 9.79. The summed E-state index contributed by atoms with van der Waals surface area (Å²) in [5.41, 5.74) is 2.27. The van der Waals surface area contributed by atoms with E-state index in [0.717, 1.165) is 22.4 Å². The predicted octanol–water partition coefficient (Wildman–Crippen LogP) is 4.79. The lowest BCUT2D eigenvalue weighted by Gasteiger charge is -2.15. The number of benzene rings is 2. The SMILES string of the molecule is Clc1cccc(CBr)c1OCC1COc2ccccc21. The zero-order valence-electron chi connectivity index (χ0n) is 10.8. The first-order valence-corrected chi connectivity index (χ1v) is 7.97. The van der Waals surface area contributed by atoms with Gasteiger partial charge in [-0.1, -0.05) is 57.9 Å². The molecule has 1 aliphatic heterocycles. The van der Waals surface area contributed by atoms with Crippen LogP contribution in [-0.4, -0.2) is 13.2 Å². The minimum Gasteiger partial charge on any atom is -0.493 e. The number of hydrogen-bond donors (Lipinski definition) is 0. The Morgan fingerprint density at radius 3 is 2.90 bits per heavy atom. The van der Waals surface area contributed by atoms with Crippen molar-refractivity contribution in [3.63, 3.8) is 0 Å². The monoisotopic (exact) mass is 352 g/mol. The molecule has 0 amide bonds. The van der Waals surface area contributed by atoms with Crippen molar-refractivity contribution in [3.8, 4) is 11.5 Å². The summed E-state index contributed by atoms with van der Waals surface area (Å²) in [5, 5.41) is 1.37. The number of alkyl halides is 1. The molecule has 2 aromatic carbocycles. The summed E-state index contributed by atoms with van der Waals surface area (Å²) in [5.74, 6) is 1.97. The molecule has 0 aromatic heterocycles. The average Bonchev–Trinajstić information content (AvgIpc) is 2.89. The van der Waals surface area contributed by atoms with E-state index < -0.39 is 0 Å². The summed E-state index contributed by atoms with van der Waals surface area (Å²) in [7, 11) is 0. The van der Waals surface area contributed by atoms with Gasteiger partial charge in [-0.05, 0) is 12.1 Å². The Balaban J connectivity index is 1.75. The second-order valence-corrected chi connectivity index (χ2v) is 5.69. The zero-order valence-corrected chi connectivity index (χ0v) is 13.2. The molecule has 0 saturated carbocycles. The molecule has 0 fully saturated rings. The number of para-hydroxylation sites is 2. The Morgan fingerprint density at radius 2 is 2.05 bits per heavy atom. The van der Waals surface area contributed by atoms with Crippen LogP contribution >= 0.6 is 27.5 Å². The van der Waals surface area contributed by atoms with Gasteiger partial charge in [-0.25, -0.2) is 0 Å². The molecule has 0 aliphatic carbocycles. The van der Waals surface area contributed by atoms with Crippen molar-refractivity contribution >= 4 is 27.5 Å². The Labute approximate surface area is 131 Å². The topological polar surface area (TPSA) is 18.5 Å². The summed E-state index contributed by atoms with van der Waals surface area (Å²) in [6.45, 7) is 1.23. The van der Waals surface area contributed by atoms with E-state index in [1.165, 1.54) is 5.56 Å². The van der Waals surface area contributed by atoms with Crippen LogP contribution in [-0.2, 0) is 5.33 Å². The lowest BCUT2D eigenvalue weighted by molar-refractivity contribution is 0.247. The third kappa shape index (κ3) is 2.65. The fraction of sp³-hybridized carbons (Fsp3) is 0.250. The van der Waals surface area contributed by atoms with E-state index in [2.05, 4.69) is 22.0 Å². The highest BCUT2D eigenvalue weighted by Gasteiger charge is 2.24. The molecule has 0 spiro atoms. The van der Waals surface area contributed by atoms with Gasteiger partial charge in [-0.15, -0.1) is 0 Å². The molecule has 0 bridgehead atoms. The van der Waals surface area contributed by atoms with Crippen LogP contribution in [0.1, 0.15) is 17.0 Å². The Kier molecular flexibility index (Phi) is 4.18. The molecule has 2 nitrogen and oxygen atoms in total. The van der Waals surface area contributed by atoms with Crippen molar-refractivity contribution < 1.29 is 9.47 Å². The Bertz CT molecular complexity index is 615. The molecule has 0 saturated heterocycles. The Morgan fingerprint density at radius 1 is 1.20 bits per heavy atom. The van der Waals surface area contributed by atoms with Crippen molar-refractivity contribution in [3.05, 3.63) is 58.6 Å². The molecular formula is C16H14BrClO2. The second kappa shape index (κ2) is 6.06. The van der Waals surface area contributed by atoms with Crippen LogP contribution in [0, 0.1) is 0 Å². The van der Waals surface area contributed by atoms with E-state index >= 15 is 0 Å². The van der Waals surface area contributed by atoms with Gasteiger partial charge < -0.3 is 9.47 Å². The average molecular weight is 354 g/mol. The van der Waals surface area contributed by atoms with Gasteiger partial charge in [0, 0.05) is 16.5 Å². The maximum Gasteiger partial charge on any atom is 0.141 e. The maximum atomic E-state index is 6.22. The summed E-state index contributed by atoms with van der Waals surface area (Å²) >= 11 is 9.68. The van der Waals surface area contributed by atoms with Crippen LogP contribution in [0.4, 0.5) is 0 Å². The third-order valence-corrected chi connectivity index (χ3v) is 4.32. The smallest absolute Gasteiger partial charge is 0.141 e. The van der Waals surface area contributed by atoms with E-state index in [4.69, 9.17) is 21.1 Å². The highest BCUT2D eigenvalue weighted by atomic mass is 79.9. The number of halogens is 2. The highest BCUT2D eigenvalue weighted by molar-refractivity contribution is 9.08. The predicted molar refractivity (Wildman–Crippen MR) is 84.3 cm³/mol. The highest BCUT2D eigenvalue weighted by Crippen LogP contribution is 2.36. The number of ether oxygens (including phenoxy) is 2. The van der Waals surface area contributed by atoms with Crippen molar-refractivity contribution in [2.24, 2.45) is 0 Å². The van der Waals surface area contributed by atoms with Gasteiger partial charge in [-0.3, -0.25) is 0 Å². The van der Waals surface area contributed by atoms with Gasteiger partial charge in [-0.2, -0.15) is 0 Å². The normalized spacial score (nSPS) is 16.6. The van der Waals surface area contributed by atoms with E-state index in [-0.39, 0.29) is 5.92 Å². The molecule has 0 radical (unpaired) electrons. The van der Waals surface area contributed by atoms with E-state index in [9.17, 15) is 0 Å². The van der Waals surface area contributed by atoms with Crippen LogP contribution in [0.2, 0.25) is 5.02 Å². The van der Waals surface area contributed by atoms with Crippen molar-refractivity contribution in [2.45, 2.75) is 11.2 Å². The molecule has 3 rings (SSSR count). The standard InChI is InChI=1S/C16H14BrClO2/c17-8-11-4-3-6-14(18)16(11)20-10-12-9-19-15-7-2-1-5-13(12)15/h1-7,12H,8-10H2. The molecule has 1 aliphatic rings. The fourth-order valence-electron chi connectivity index (χ4n) is 2.37. The molecule has 1 unspecified atom stereocenters. The largest absolute Gasteiger partial charge is 0.493 e. The molecule has 20 heavy (non-hydrogen) atoms. The zero-order chi connectivity index (χ0) is 13.9. The minimum atomic E-state index is 0.255. The summed E-state index contributed by atoms with van der Waals surface area (Å²) in [4.78, 5) is 0. The third-order valence-electron chi connectivity index (χ3n) is 3.42. The minimum absolute atomic E-state index is 0.255. The van der Waals surface area contributed by atoms with E-state index in [1.807, 2.05) is 36.4 Å². The van der Waals surface area contributed by atoms with Gasteiger partial charge >= 0.3 is 0 Å². The number of fused-ring (bicyclic) bond motifs is 1. The molecular weight excluding hydrogens is 340 g/mol. The van der Waals surface area contributed by atoms with Gasteiger partial charge in [0.25, 0.3) is 0 Å². The van der Waals surface area contributed by atoms with Gasteiger partial charge in [0.05, 0.1) is 24.2 Å². The molecule has 0 N–H and O–H groups in total. The van der Waals surface area contributed by atoms with Crippen molar-refractivity contribution in [1.82, 2.24) is 0 Å². The summed E-state index contributed by atoms with van der Waals surface area (Å²) in [6.07, 6.45) is 0. The van der Waals surface area contributed by atoms with E-state index in [0.29, 0.717) is 18.2 Å². The van der Waals surface area contributed by atoms with E-state index in [1.54, 1.807) is 0 Å². The number of hydrogen-bond acceptors (Lipinski definition) is 2. The second-order valence-electron chi connectivity index (χ2n) is 4.72. The lowest BCUT2D eigenvalue weighted by atomic mass is 10.0. The molecule has 1 heterocycles. The van der Waals surface area contributed by atoms with Gasteiger partial charge in [0.1, 0.15) is 11.5 Å². The molecule has 104 valence electrons.